The number of ether oxygens (including phenoxy) is 3. The van der Waals surface area contributed by atoms with Crippen LogP contribution in [0.2, 0.25) is 0 Å². The van der Waals surface area contributed by atoms with Crippen LogP contribution in [-0.2, 0) is 0 Å². The number of carboxylic acids is 1. The minimum Gasteiger partial charge on any atom is -0.497 e. The topological polar surface area (TPSA) is 97.8 Å². The average Bonchev–Trinajstić information content (AvgIpc) is 2.66. The molecule has 0 aliphatic carbocycles. The van der Waals surface area contributed by atoms with E-state index in [0.717, 1.165) is 0 Å². The van der Waals surface area contributed by atoms with Crippen LogP contribution in [0.3, 0.4) is 0 Å². The number of nitrogens with one attached hydrogen (secondary N) is 1. The number of H-pyrrole nitrogens is 1. The Morgan fingerprint density at radius 3 is 2.23 bits per heavy atom. The Labute approximate surface area is 148 Å². The van der Waals surface area contributed by atoms with E-state index in [0.29, 0.717) is 33.7 Å². The van der Waals surface area contributed by atoms with E-state index in [2.05, 4.69) is 4.98 Å². The highest BCUT2D eigenvalue weighted by atomic mass is 16.5. The predicted octanol–water partition coefficient (Wildman–Crippen LogP) is 2.92. The lowest BCUT2D eigenvalue weighted by Gasteiger charge is -2.13. The molecule has 7 nitrogen and oxygen atoms in total. The first-order chi connectivity index (χ1) is 12.5. The molecule has 0 aliphatic rings. The first-order valence-electron chi connectivity index (χ1n) is 7.70. The third-order valence-electron chi connectivity index (χ3n) is 4.08. The summed E-state index contributed by atoms with van der Waals surface area (Å²) in [5.74, 6) is -0.0111. The molecule has 2 aromatic carbocycles. The van der Waals surface area contributed by atoms with Crippen molar-refractivity contribution in [3.8, 4) is 28.5 Å². The summed E-state index contributed by atoms with van der Waals surface area (Å²) in [6.07, 6.45) is 0. The number of carboxylic acid groups (broad SMARTS) is 1. The van der Waals surface area contributed by atoms with Crippen LogP contribution >= 0.6 is 0 Å². The molecule has 0 bridgehead atoms. The quantitative estimate of drug-likeness (QED) is 0.730. The third kappa shape index (κ3) is 2.83. The molecule has 3 rings (SSSR count). The van der Waals surface area contributed by atoms with Crippen molar-refractivity contribution in [2.75, 3.05) is 21.3 Å². The standard InChI is InChI=1S/C19H17NO6/c1-24-12-8-13-15(14(9-12)25-2)17(21)18(26-3)16(20-13)10-4-6-11(7-5-10)19(22)23/h4-9H,1-3H3,(H,20,21)(H,22,23). The minimum atomic E-state index is -1.02. The number of aromatic carboxylic acids is 1. The molecule has 0 amide bonds. The van der Waals surface area contributed by atoms with Gasteiger partial charge in [-0.15, -0.1) is 0 Å². The third-order valence-corrected chi connectivity index (χ3v) is 4.08. The number of aromatic amines is 1. The number of aromatic nitrogens is 1. The average molecular weight is 355 g/mol. The second kappa shape index (κ2) is 6.79. The molecule has 0 unspecified atom stereocenters. The first kappa shape index (κ1) is 17.3. The summed E-state index contributed by atoms with van der Waals surface area (Å²) < 4.78 is 15.9. The smallest absolute Gasteiger partial charge is 0.335 e. The van der Waals surface area contributed by atoms with Crippen LogP contribution in [0.4, 0.5) is 0 Å². The summed E-state index contributed by atoms with van der Waals surface area (Å²) in [4.78, 5) is 27.1. The number of hydrogen-bond acceptors (Lipinski definition) is 5. The largest absolute Gasteiger partial charge is 0.497 e. The summed E-state index contributed by atoms with van der Waals surface area (Å²) >= 11 is 0. The molecule has 0 radical (unpaired) electrons. The van der Waals surface area contributed by atoms with Crippen LogP contribution in [0.1, 0.15) is 10.4 Å². The number of fused-ring (bicyclic) bond motifs is 1. The van der Waals surface area contributed by atoms with E-state index in [9.17, 15) is 9.59 Å². The maximum atomic E-state index is 12.9. The highest BCUT2D eigenvalue weighted by Crippen LogP contribution is 2.33. The number of benzene rings is 2. The molecule has 26 heavy (non-hydrogen) atoms. The van der Waals surface area contributed by atoms with Crippen LogP contribution in [0.25, 0.3) is 22.2 Å². The van der Waals surface area contributed by atoms with E-state index in [4.69, 9.17) is 19.3 Å². The maximum absolute atomic E-state index is 12.9. The van der Waals surface area contributed by atoms with Gasteiger partial charge in [-0.2, -0.15) is 0 Å². The Morgan fingerprint density at radius 2 is 1.69 bits per heavy atom. The number of hydrogen-bond donors (Lipinski definition) is 2. The van der Waals surface area contributed by atoms with Crippen molar-refractivity contribution in [2.24, 2.45) is 0 Å². The summed E-state index contributed by atoms with van der Waals surface area (Å²) in [6.45, 7) is 0. The Balaban J connectivity index is 2.31. The molecule has 134 valence electrons. The van der Waals surface area contributed by atoms with Crippen molar-refractivity contribution in [2.45, 2.75) is 0 Å². The number of pyridine rings is 1. The molecule has 3 aromatic rings. The molecule has 1 heterocycles. The van der Waals surface area contributed by atoms with Gasteiger partial charge in [-0.1, -0.05) is 12.1 Å². The second-order valence-electron chi connectivity index (χ2n) is 5.50. The van der Waals surface area contributed by atoms with E-state index >= 15 is 0 Å². The molecule has 0 aliphatic heterocycles. The van der Waals surface area contributed by atoms with Crippen LogP contribution in [0, 0.1) is 0 Å². The van der Waals surface area contributed by atoms with E-state index in [1.165, 1.54) is 33.5 Å². The Morgan fingerprint density at radius 1 is 1.00 bits per heavy atom. The van der Waals surface area contributed by atoms with Crippen molar-refractivity contribution in [1.82, 2.24) is 4.98 Å². The first-order valence-corrected chi connectivity index (χ1v) is 7.70. The zero-order chi connectivity index (χ0) is 18.8. The van der Waals surface area contributed by atoms with Crippen molar-refractivity contribution in [3.63, 3.8) is 0 Å². The fourth-order valence-electron chi connectivity index (χ4n) is 2.80. The van der Waals surface area contributed by atoms with Gasteiger partial charge >= 0.3 is 5.97 Å². The van der Waals surface area contributed by atoms with Crippen LogP contribution in [0.5, 0.6) is 17.2 Å². The van der Waals surface area contributed by atoms with E-state index < -0.39 is 5.97 Å². The minimum absolute atomic E-state index is 0.115. The van der Waals surface area contributed by atoms with Gasteiger partial charge in [0.15, 0.2) is 5.75 Å². The van der Waals surface area contributed by atoms with Crippen LogP contribution in [-0.4, -0.2) is 37.4 Å². The lowest BCUT2D eigenvalue weighted by molar-refractivity contribution is 0.0697. The monoisotopic (exact) mass is 355 g/mol. The molecule has 0 atom stereocenters. The molecular weight excluding hydrogens is 338 g/mol. The van der Waals surface area contributed by atoms with E-state index in [1.807, 2.05) is 0 Å². The fourth-order valence-corrected chi connectivity index (χ4v) is 2.80. The SMILES string of the molecule is COc1cc(OC)c2c(=O)c(OC)c(-c3ccc(C(=O)O)cc3)[nH]c2c1. The van der Waals surface area contributed by atoms with Crippen molar-refractivity contribution < 1.29 is 24.1 Å². The maximum Gasteiger partial charge on any atom is 0.335 e. The summed E-state index contributed by atoms with van der Waals surface area (Å²) in [7, 11) is 4.40. The number of methoxy groups -OCH3 is 3. The molecular formula is C19H17NO6. The zero-order valence-corrected chi connectivity index (χ0v) is 14.5. The molecule has 0 saturated heterocycles. The van der Waals surface area contributed by atoms with Gasteiger partial charge < -0.3 is 24.3 Å². The van der Waals surface area contributed by atoms with Gasteiger partial charge in [-0.05, 0) is 12.1 Å². The lowest BCUT2D eigenvalue weighted by Crippen LogP contribution is -2.11. The highest BCUT2D eigenvalue weighted by Gasteiger charge is 2.18. The van der Waals surface area contributed by atoms with Crippen molar-refractivity contribution in [1.29, 1.82) is 0 Å². The summed E-state index contributed by atoms with van der Waals surface area (Å²) in [6, 6.07) is 9.46. The van der Waals surface area contributed by atoms with E-state index in [-0.39, 0.29) is 16.7 Å². The van der Waals surface area contributed by atoms with Gasteiger partial charge in [-0.25, -0.2) is 4.79 Å². The molecule has 1 aromatic heterocycles. The molecule has 7 heteroatoms. The second-order valence-corrected chi connectivity index (χ2v) is 5.50. The summed E-state index contributed by atoms with van der Waals surface area (Å²) in [5, 5.41) is 9.38. The predicted molar refractivity (Wildman–Crippen MR) is 96.6 cm³/mol. The van der Waals surface area contributed by atoms with Gasteiger partial charge in [0.2, 0.25) is 5.43 Å². The number of rotatable bonds is 5. The highest BCUT2D eigenvalue weighted by molar-refractivity contribution is 5.92. The van der Waals surface area contributed by atoms with Crippen molar-refractivity contribution >= 4 is 16.9 Å². The molecule has 2 N–H and O–H groups in total. The summed E-state index contributed by atoms with van der Waals surface area (Å²) in [5.41, 5.74) is 1.39. The fraction of sp³-hybridized carbons (Fsp3) is 0.158. The number of carbonyl (C=O) groups is 1. The van der Waals surface area contributed by atoms with Crippen molar-refractivity contribution in [3.05, 3.63) is 52.2 Å². The zero-order valence-electron chi connectivity index (χ0n) is 14.5. The molecule has 0 spiro atoms. The van der Waals surface area contributed by atoms with Crippen LogP contribution in [0.15, 0.2) is 41.2 Å². The Bertz CT molecular complexity index is 1040. The van der Waals surface area contributed by atoms with Gasteiger partial charge in [0.25, 0.3) is 0 Å². The van der Waals surface area contributed by atoms with Gasteiger partial charge in [0, 0.05) is 17.7 Å². The Kier molecular flexibility index (Phi) is 4.53. The van der Waals surface area contributed by atoms with Gasteiger partial charge in [0.05, 0.1) is 43.5 Å². The van der Waals surface area contributed by atoms with E-state index in [1.54, 1.807) is 24.3 Å². The Hall–Kier alpha value is -3.48. The molecule has 0 fully saturated rings. The normalized spacial score (nSPS) is 10.6. The molecule has 0 saturated carbocycles. The lowest BCUT2D eigenvalue weighted by atomic mass is 10.1. The van der Waals surface area contributed by atoms with Gasteiger partial charge in [0.1, 0.15) is 11.5 Å². The van der Waals surface area contributed by atoms with Crippen LogP contribution < -0.4 is 19.6 Å². The van der Waals surface area contributed by atoms with Gasteiger partial charge in [-0.3, -0.25) is 4.79 Å².